The van der Waals surface area contributed by atoms with Gasteiger partial charge in [-0.25, -0.2) is 0 Å². The lowest BCUT2D eigenvalue weighted by atomic mass is 9.94. The van der Waals surface area contributed by atoms with Gasteiger partial charge < -0.3 is 11.1 Å². The molecule has 1 fully saturated rings. The average Bonchev–Trinajstić information content (AvgIpc) is 2.29. The molecule has 0 unspecified atom stereocenters. The maximum absolute atomic E-state index is 6.00. The molecular weight excluding hydrogens is 212 g/mol. The zero-order valence-electron chi connectivity index (χ0n) is 9.43. The number of nitrogen functional groups attached to an aromatic ring is 1. The van der Waals surface area contributed by atoms with Gasteiger partial charge in [-0.05, 0) is 6.07 Å². The molecule has 0 saturated carbocycles. The molecule has 2 heterocycles. The Balaban J connectivity index is 2.11. The van der Waals surface area contributed by atoms with Gasteiger partial charge in [0.25, 0.3) is 0 Å². The van der Waals surface area contributed by atoms with Crippen molar-refractivity contribution in [2.75, 3.05) is 18.8 Å². The number of aromatic nitrogens is 2. The molecule has 3 rings (SSSR count). The molecule has 1 aromatic heterocycles. The molecule has 0 amide bonds. The Morgan fingerprint density at radius 3 is 2.59 bits per heavy atom. The van der Waals surface area contributed by atoms with Gasteiger partial charge in [-0.2, -0.15) is 0 Å². The Morgan fingerprint density at radius 1 is 1.12 bits per heavy atom. The molecule has 17 heavy (non-hydrogen) atoms. The molecule has 0 spiro atoms. The number of nitrogens with one attached hydrogen (secondary N) is 1. The van der Waals surface area contributed by atoms with Crippen LogP contribution in [0.2, 0.25) is 0 Å². The summed E-state index contributed by atoms with van der Waals surface area (Å²) in [6.45, 7) is 1.94. The van der Waals surface area contributed by atoms with Crippen LogP contribution in [-0.2, 0) is 0 Å². The normalized spacial score (nSPS) is 15.5. The highest BCUT2D eigenvalue weighted by Gasteiger charge is 2.24. The van der Waals surface area contributed by atoms with E-state index in [9.17, 15) is 0 Å². The van der Waals surface area contributed by atoms with E-state index in [1.54, 1.807) is 12.4 Å². The summed E-state index contributed by atoms with van der Waals surface area (Å²) in [7, 11) is 0. The van der Waals surface area contributed by atoms with Gasteiger partial charge >= 0.3 is 0 Å². The lowest BCUT2D eigenvalue weighted by molar-refractivity contribution is 0.440. The van der Waals surface area contributed by atoms with E-state index in [-0.39, 0.29) is 0 Å². The molecule has 4 heteroatoms. The van der Waals surface area contributed by atoms with Gasteiger partial charge in [-0.15, -0.1) is 0 Å². The SMILES string of the molecule is Nc1ccccc1-c1nccnc1C1CNC1. The number of nitrogens with two attached hydrogens (primary N) is 1. The minimum Gasteiger partial charge on any atom is -0.398 e. The van der Waals surface area contributed by atoms with Crippen LogP contribution in [0, 0.1) is 0 Å². The third-order valence-electron chi connectivity index (χ3n) is 3.11. The lowest BCUT2D eigenvalue weighted by Gasteiger charge is -2.27. The van der Waals surface area contributed by atoms with Crippen LogP contribution in [-0.4, -0.2) is 23.1 Å². The van der Waals surface area contributed by atoms with Crippen LogP contribution >= 0.6 is 0 Å². The predicted molar refractivity (Wildman–Crippen MR) is 67.5 cm³/mol. The van der Waals surface area contributed by atoms with E-state index in [0.717, 1.165) is 35.7 Å². The minimum atomic E-state index is 0.457. The van der Waals surface area contributed by atoms with Crippen molar-refractivity contribution in [3.63, 3.8) is 0 Å². The van der Waals surface area contributed by atoms with E-state index < -0.39 is 0 Å². The molecule has 1 aliphatic heterocycles. The number of hydrogen-bond acceptors (Lipinski definition) is 4. The Morgan fingerprint density at radius 2 is 1.88 bits per heavy atom. The number of anilines is 1. The maximum atomic E-state index is 6.00. The lowest BCUT2D eigenvalue weighted by Crippen LogP contribution is -2.40. The van der Waals surface area contributed by atoms with Crippen molar-refractivity contribution in [3.05, 3.63) is 42.4 Å². The second-order valence-corrected chi connectivity index (χ2v) is 4.23. The molecule has 1 saturated heterocycles. The highest BCUT2D eigenvalue weighted by molar-refractivity contribution is 5.75. The number of benzene rings is 1. The monoisotopic (exact) mass is 226 g/mol. The summed E-state index contributed by atoms with van der Waals surface area (Å²) in [5, 5.41) is 3.25. The summed E-state index contributed by atoms with van der Waals surface area (Å²) >= 11 is 0. The Labute approximate surface area is 99.9 Å². The molecule has 2 aromatic rings. The van der Waals surface area contributed by atoms with Gasteiger partial charge in [0, 0.05) is 42.7 Å². The third-order valence-corrected chi connectivity index (χ3v) is 3.11. The Hall–Kier alpha value is -1.94. The topological polar surface area (TPSA) is 63.8 Å². The number of nitrogens with zero attached hydrogens (tertiary/aromatic N) is 2. The molecule has 4 nitrogen and oxygen atoms in total. The molecule has 0 bridgehead atoms. The molecule has 0 aliphatic carbocycles. The van der Waals surface area contributed by atoms with Crippen molar-refractivity contribution in [2.45, 2.75) is 5.92 Å². The van der Waals surface area contributed by atoms with Crippen LogP contribution < -0.4 is 11.1 Å². The highest BCUT2D eigenvalue weighted by atomic mass is 15.0. The van der Waals surface area contributed by atoms with Gasteiger partial charge in [0.1, 0.15) is 0 Å². The second-order valence-electron chi connectivity index (χ2n) is 4.23. The molecule has 1 aromatic carbocycles. The van der Waals surface area contributed by atoms with Crippen LogP contribution in [0.25, 0.3) is 11.3 Å². The van der Waals surface area contributed by atoms with Crippen LogP contribution in [0.5, 0.6) is 0 Å². The first-order valence-electron chi connectivity index (χ1n) is 5.73. The first-order valence-corrected chi connectivity index (χ1v) is 5.73. The van der Waals surface area contributed by atoms with E-state index in [2.05, 4.69) is 15.3 Å². The molecule has 0 atom stereocenters. The predicted octanol–water partition coefficient (Wildman–Crippen LogP) is 1.41. The summed E-state index contributed by atoms with van der Waals surface area (Å²) in [5.74, 6) is 0.457. The molecule has 1 aliphatic rings. The standard InChI is InChI=1S/C13H14N4/c14-11-4-2-1-3-10(11)13-12(9-7-15-8-9)16-5-6-17-13/h1-6,9,15H,7-8,14H2. The Kier molecular flexibility index (Phi) is 2.49. The highest BCUT2D eigenvalue weighted by Crippen LogP contribution is 2.30. The van der Waals surface area contributed by atoms with E-state index in [1.807, 2.05) is 24.3 Å². The van der Waals surface area contributed by atoms with Crippen LogP contribution in [0.3, 0.4) is 0 Å². The minimum absolute atomic E-state index is 0.457. The van der Waals surface area contributed by atoms with Crippen molar-refractivity contribution in [3.8, 4) is 11.3 Å². The van der Waals surface area contributed by atoms with Crippen LogP contribution in [0.4, 0.5) is 5.69 Å². The molecule has 86 valence electrons. The zero-order valence-corrected chi connectivity index (χ0v) is 9.43. The quantitative estimate of drug-likeness (QED) is 0.760. The van der Waals surface area contributed by atoms with Crippen molar-refractivity contribution >= 4 is 5.69 Å². The summed E-state index contributed by atoms with van der Waals surface area (Å²) in [6, 6.07) is 7.80. The first kappa shape index (κ1) is 10.2. The maximum Gasteiger partial charge on any atom is 0.0941 e. The number of rotatable bonds is 2. The van der Waals surface area contributed by atoms with Crippen molar-refractivity contribution in [1.82, 2.24) is 15.3 Å². The Bertz CT molecular complexity index is 534. The van der Waals surface area contributed by atoms with E-state index >= 15 is 0 Å². The van der Waals surface area contributed by atoms with Gasteiger partial charge in [0.2, 0.25) is 0 Å². The fraction of sp³-hybridized carbons (Fsp3) is 0.231. The van der Waals surface area contributed by atoms with Gasteiger partial charge in [-0.3, -0.25) is 9.97 Å². The second kappa shape index (κ2) is 4.14. The fourth-order valence-electron chi connectivity index (χ4n) is 2.05. The van der Waals surface area contributed by atoms with Crippen molar-refractivity contribution < 1.29 is 0 Å². The summed E-state index contributed by atoms with van der Waals surface area (Å²) in [5.41, 5.74) is 9.68. The van der Waals surface area contributed by atoms with Gasteiger partial charge in [0.15, 0.2) is 0 Å². The summed E-state index contributed by atoms with van der Waals surface area (Å²) in [6.07, 6.45) is 3.47. The van der Waals surface area contributed by atoms with Crippen LogP contribution in [0.1, 0.15) is 11.6 Å². The zero-order chi connectivity index (χ0) is 11.7. The molecular formula is C13H14N4. The largest absolute Gasteiger partial charge is 0.398 e. The molecule has 0 radical (unpaired) electrons. The van der Waals surface area contributed by atoms with Crippen molar-refractivity contribution in [2.24, 2.45) is 0 Å². The third kappa shape index (κ3) is 1.76. The van der Waals surface area contributed by atoms with Crippen LogP contribution in [0.15, 0.2) is 36.7 Å². The van der Waals surface area contributed by atoms with E-state index in [0.29, 0.717) is 5.92 Å². The van der Waals surface area contributed by atoms with E-state index in [4.69, 9.17) is 5.73 Å². The first-order chi connectivity index (χ1) is 8.36. The summed E-state index contributed by atoms with van der Waals surface area (Å²) < 4.78 is 0. The van der Waals surface area contributed by atoms with E-state index in [1.165, 1.54) is 0 Å². The van der Waals surface area contributed by atoms with Gasteiger partial charge in [0.05, 0.1) is 11.4 Å². The number of para-hydroxylation sites is 1. The average molecular weight is 226 g/mol. The molecule has 3 N–H and O–H groups in total. The van der Waals surface area contributed by atoms with Crippen molar-refractivity contribution in [1.29, 1.82) is 0 Å². The summed E-state index contributed by atoms with van der Waals surface area (Å²) in [4.78, 5) is 8.90. The fourth-order valence-corrected chi connectivity index (χ4v) is 2.05. The van der Waals surface area contributed by atoms with Gasteiger partial charge in [-0.1, -0.05) is 18.2 Å². The number of hydrogen-bond donors (Lipinski definition) is 2. The smallest absolute Gasteiger partial charge is 0.0941 e.